The number of aromatic nitrogens is 5. The smallest absolute Gasteiger partial charge is 0.310 e. The second-order valence-corrected chi connectivity index (χ2v) is 5.96. The number of benzene rings is 1. The molecule has 136 valence electrons. The Kier molecular flexibility index (Phi) is 4.29. The van der Waals surface area contributed by atoms with E-state index in [1.165, 1.54) is 0 Å². The average Bonchev–Trinajstić information content (AvgIpc) is 3.27. The standard InChI is InChI=1S/C19H18N6O2/c1-2-27-18(26)9-13-7-8-24(12-13)16-10-21-11-17(22-16)25-15-6-4-3-5-14(15)19(20)23-25/h3-8,10-12H,2,9H2,1H3,(H2,20,23). The summed E-state index contributed by atoms with van der Waals surface area (Å²) in [6, 6.07) is 9.54. The van der Waals surface area contributed by atoms with Crippen molar-refractivity contribution in [2.75, 3.05) is 12.3 Å². The third-order valence-corrected chi connectivity index (χ3v) is 4.11. The van der Waals surface area contributed by atoms with E-state index in [-0.39, 0.29) is 12.4 Å². The van der Waals surface area contributed by atoms with E-state index in [0.29, 0.717) is 24.1 Å². The van der Waals surface area contributed by atoms with Gasteiger partial charge in [0, 0.05) is 17.8 Å². The highest BCUT2D eigenvalue weighted by Gasteiger charge is 2.12. The van der Waals surface area contributed by atoms with E-state index in [4.69, 9.17) is 10.5 Å². The number of carbonyl (C=O) groups is 1. The second-order valence-electron chi connectivity index (χ2n) is 5.96. The Morgan fingerprint density at radius 3 is 2.85 bits per heavy atom. The van der Waals surface area contributed by atoms with Crippen molar-refractivity contribution in [1.82, 2.24) is 24.3 Å². The molecule has 8 heteroatoms. The van der Waals surface area contributed by atoms with Gasteiger partial charge in [-0.15, -0.1) is 5.10 Å². The van der Waals surface area contributed by atoms with E-state index in [9.17, 15) is 4.79 Å². The predicted octanol–water partition coefficient (Wildman–Crippen LogP) is 2.29. The van der Waals surface area contributed by atoms with E-state index in [1.54, 1.807) is 28.6 Å². The van der Waals surface area contributed by atoms with Crippen molar-refractivity contribution >= 4 is 22.7 Å². The fraction of sp³-hybridized carbons (Fsp3) is 0.158. The van der Waals surface area contributed by atoms with Gasteiger partial charge in [-0.2, -0.15) is 0 Å². The Morgan fingerprint density at radius 1 is 1.19 bits per heavy atom. The number of hydrogen-bond donors (Lipinski definition) is 1. The molecule has 0 aliphatic rings. The molecule has 2 N–H and O–H groups in total. The second kappa shape index (κ2) is 6.91. The number of nitrogens with zero attached hydrogens (tertiary/aromatic N) is 5. The van der Waals surface area contributed by atoms with Crippen LogP contribution in [0.25, 0.3) is 22.5 Å². The summed E-state index contributed by atoms with van der Waals surface area (Å²) < 4.78 is 8.46. The Morgan fingerprint density at radius 2 is 2.00 bits per heavy atom. The topological polar surface area (TPSA) is 101 Å². The van der Waals surface area contributed by atoms with Gasteiger partial charge in [-0.3, -0.25) is 9.78 Å². The molecule has 0 unspecified atom stereocenters. The third-order valence-electron chi connectivity index (χ3n) is 4.11. The summed E-state index contributed by atoms with van der Waals surface area (Å²) in [4.78, 5) is 20.6. The molecule has 0 aliphatic carbocycles. The van der Waals surface area contributed by atoms with E-state index < -0.39 is 0 Å². The Bertz CT molecular complexity index is 1110. The molecule has 0 fully saturated rings. The monoisotopic (exact) mass is 362 g/mol. The Hall–Kier alpha value is -3.68. The summed E-state index contributed by atoms with van der Waals surface area (Å²) >= 11 is 0. The maximum atomic E-state index is 11.6. The number of fused-ring (bicyclic) bond motifs is 1. The van der Waals surface area contributed by atoms with Crippen LogP contribution in [0.1, 0.15) is 12.5 Å². The van der Waals surface area contributed by atoms with Crippen molar-refractivity contribution in [3.63, 3.8) is 0 Å². The number of hydrogen-bond acceptors (Lipinski definition) is 6. The van der Waals surface area contributed by atoms with E-state index in [1.807, 2.05) is 42.7 Å². The van der Waals surface area contributed by atoms with Gasteiger partial charge < -0.3 is 15.0 Å². The van der Waals surface area contributed by atoms with Crippen LogP contribution in [0.2, 0.25) is 0 Å². The van der Waals surface area contributed by atoms with E-state index in [0.717, 1.165) is 16.5 Å². The fourth-order valence-corrected chi connectivity index (χ4v) is 2.90. The molecule has 0 saturated heterocycles. The van der Waals surface area contributed by atoms with Crippen molar-refractivity contribution in [2.24, 2.45) is 0 Å². The molecule has 3 aromatic heterocycles. The zero-order valence-corrected chi connectivity index (χ0v) is 14.7. The van der Waals surface area contributed by atoms with Crippen LogP contribution in [0, 0.1) is 0 Å². The summed E-state index contributed by atoms with van der Waals surface area (Å²) in [5.41, 5.74) is 7.71. The van der Waals surface area contributed by atoms with Crippen LogP contribution >= 0.6 is 0 Å². The van der Waals surface area contributed by atoms with Crippen LogP contribution in [0.15, 0.2) is 55.1 Å². The molecular formula is C19H18N6O2. The minimum Gasteiger partial charge on any atom is -0.466 e. The van der Waals surface area contributed by atoms with Crippen molar-refractivity contribution in [1.29, 1.82) is 0 Å². The molecular weight excluding hydrogens is 344 g/mol. The molecule has 0 saturated carbocycles. The SMILES string of the molecule is CCOC(=O)Cc1ccn(-c2cncc(-n3nc(N)c4ccccc43)n2)c1. The maximum Gasteiger partial charge on any atom is 0.310 e. The number of nitrogen functional groups attached to an aromatic ring is 1. The van der Waals surface area contributed by atoms with Crippen molar-refractivity contribution in [3.05, 3.63) is 60.7 Å². The molecule has 0 aliphatic heterocycles. The number of anilines is 1. The predicted molar refractivity (Wildman–Crippen MR) is 101 cm³/mol. The van der Waals surface area contributed by atoms with Gasteiger partial charge in [0.2, 0.25) is 0 Å². The van der Waals surface area contributed by atoms with E-state index in [2.05, 4.69) is 15.1 Å². The van der Waals surface area contributed by atoms with Gasteiger partial charge in [0.05, 0.1) is 30.9 Å². The molecule has 0 bridgehead atoms. The molecule has 3 heterocycles. The minimum absolute atomic E-state index is 0.217. The summed E-state index contributed by atoms with van der Waals surface area (Å²) in [5, 5.41) is 5.24. The summed E-state index contributed by atoms with van der Waals surface area (Å²) in [6.45, 7) is 2.16. The average molecular weight is 362 g/mol. The molecule has 4 aromatic rings. The van der Waals surface area contributed by atoms with Gasteiger partial charge in [-0.1, -0.05) is 12.1 Å². The molecule has 1 aromatic carbocycles. The quantitative estimate of drug-likeness (QED) is 0.547. The van der Waals surface area contributed by atoms with Gasteiger partial charge in [0.15, 0.2) is 17.5 Å². The van der Waals surface area contributed by atoms with Crippen LogP contribution in [-0.2, 0) is 16.0 Å². The van der Waals surface area contributed by atoms with Crippen LogP contribution < -0.4 is 5.73 Å². The highest BCUT2D eigenvalue weighted by Crippen LogP contribution is 2.22. The van der Waals surface area contributed by atoms with Crippen molar-refractivity contribution in [2.45, 2.75) is 13.3 Å². The summed E-state index contributed by atoms with van der Waals surface area (Å²) in [7, 11) is 0. The lowest BCUT2D eigenvalue weighted by Crippen LogP contribution is -2.07. The zero-order chi connectivity index (χ0) is 18.8. The number of nitrogens with two attached hydrogens (primary N) is 1. The van der Waals surface area contributed by atoms with Crippen LogP contribution in [-0.4, -0.2) is 36.9 Å². The maximum absolute atomic E-state index is 11.6. The molecule has 0 radical (unpaired) electrons. The van der Waals surface area contributed by atoms with Gasteiger partial charge in [-0.25, -0.2) is 9.67 Å². The number of esters is 1. The lowest BCUT2D eigenvalue weighted by Gasteiger charge is -2.06. The fourth-order valence-electron chi connectivity index (χ4n) is 2.90. The summed E-state index contributed by atoms with van der Waals surface area (Å²) in [5.74, 6) is 1.35. The Balaban J connectivity index is 1.67. The number of rotatable bonds is 5. The lowest BCUT2D eigenvalue weighted by atomic mass is 10.2. The van der Waals surface area contributed by atoms with Gasteiger partial charge in [-0.05, 0) is 30.7 Å². The highest BCUT2D eigenvalue weighted by molar-refractivity contribution is 5.90. The third kappa shape index (κ3) is 3.24. The molecule has 4 rings (SSSR count). The first-order valence-corrected chi connectivity index (χ1v) is 8.54. The van der Waals surface area contributed by atoms with Gasteiger partial charge in [0.1, 0.15) is 0 Å². The highest BCUT2D eigenvalue weighted by atomic mass is 16.5. The van der Waals surface area contributed by atoms with Gasteiger partial charge >= 0.3 is 5.97 Å². The first kappa shape index (κ1) is 16.8. The molecule has 0 atom stereocenters. The number of para-hydroxylation sites is 1. The van der Waals surface area contributed by atoms with Crippen molar-refractivity contribution < 1.29 is 9.53 Å². The summed E-state index contributed by atoms with van der Waals surface area (Å²) in [6.07, 6.45) is 7.16. The normalized spacial score (nSPS) is 11.0. The Labute approximate surface area is 155 Å². The first-order valence-electron chi connectivity index (χ1n) is 8.54. The first-order chi connectivity index (χ1) is 13.2. The van der Waals surface area contributed by atoms with Crippen molar-refractivity contribution in [3.8, 4) is 11.6 Å². The molecule has 27 heavy (non-hydrogen) atoms. The molecule has 8 nitrogen and oxygen atoms in total. The van der Waals surface area contributed by atoms with Crippen LogP contribution in [0.5, 0.6) is 0 Å². The number of carbonyl (C=O) groups excluding carboxylic acids is 1. The van der Waals surface area contributed by atoms with E-state index >= 15 is 0 Å². The largest absolute Gasteiger partial charge is 0.466 e. The number of ether oxygens (including phenoxy) is 1. The van der Waals surface area contributed by atoms with Gasteiger partial charge in [0.25, 0.3) is 0 Å². The minimum atomic E-state index is -0.256. The van der Waals surface area contributed by atoms with Crippen LogP contribution in [0.3, 0.4) is 0 Å². The molecule has 0 amide bonds. The zero-order valence-electron chi connectivity index (χ0n) is 14.7. The molecule has 0 spiro atoms. The lowest BCUT2D eigenvalue weighted by molar-refractivity contribution is -0.142. The van der Waals surface area contributed by atoms with Crippen LogP contribution in [0.4, 0.5) is 5.82 Å².